The summed E-state index contributed by atoms with van der Waals surface area (Å²) in [6.45, 7) is 1.29. The van der Waals surface area contributed by atoms with Gasteiger partial charge in [-0.2, -0.15) is 0 Å². The Hall–Kier alpha value is -1.81. The number of anilines is 1. The van der Waals surface area contributed by atoms with Crippen LogP contribution in [0.4, 0.5) is 5.69 Å². The van der Waals surface area contributed by atoms with E-state index in [2.05, 4.69) is 0 Å². The van der Waals surface area contributed by atoms with E-state index in [-0.39, 0.29) is 5.91 Å². The molecule has 0 unspecified atom stereocenters. The molecule has 1 amide bonds. The second-order valence-electron chi connectivity index (χ2n) is 3.63. The molecule has 1 aromatic carbocycles. The lowest BCUT2D eigenvalue weighted by Crippen LogP contribution is -2.24. The van der Waals surface area contributed by atoms with Crippen LogP contribution in [0, 0.1) is 0 Å². The van der Waals surface area contributed by atoms with E-state index in [0.717, 1.165) is 12.0 Å². The first kappa shape index (κ1) is 10.7. The van der Waals surface area contributed by atoms with Crippen LogP contribution in [0.3, 0.4) is 0 Å². The third kappa shape index (κ3) is 2.61. The summed E-state index contributed by atoms with van der Waals surface area (Å²) in [5.41, 5.74) is 7.23. The predicted octanol–water partition coefficient (Wildman–Crippen LogP) is 1.45. The monoisotopic (exact) mass is 218 g/mol. The van der Waals surface area contributed by atoms with Crippen molar-refractivity contribution in [2.75, 3.05) is 18.9 Å². The normalized spacial score (nSPS) is 15.9. The molecule has 0 aromatic heterocycles. The minimum absolute atomic E-state index is 0.125. The highest BCUT2D eigenvalue weighted by Gasteiger charge is 2.16. The number of carbonyl (C=O) groups excluding carboxylic acids is 1. The summed E-state index contributed by atoms with van der Waals surface area (Å²) >= 11 is 0. The van der Waals surface area contributed by atoms with Crippen molar-refractivity contribution >= 4 is 17.7 Å². The number of hydrogen-bond donors (Lipinski definition) is 1. The lowest BCUT2D eigenvalue weighted by molar-refractivity contribution is -0.162. The zero-order valence-corrected chi connectivity index (χ0v) is 8.93. The number of rotatable bonds is 2. The molecule has 1 heterocycles. The average molecular weight is 218 g/mol. The largest absolute Gasteiger partial charge is 0.399 e. The van der Waals surface area contributed by atoms with Crippen LogP contribution in [0.5, 0.6) is 0 Å². The van der Waals surface area contributed by atoms with Crippen LogP contribution in [0.2, 0.25) is 0 Å². The van der Waals surface area contributed by atoms with Gasteiger partial charge in [-0.05, 0) is 30.2 Å². The molecule has 1 aliphatic rings. The fraction of sp³-hybridized carbons (Fsp3) is 0.250. The van der Waals surface area contributed by atoms with Crippen molar-refractivity contribution in [2.45, 2.75) is 6.42 Å². The average Bonchev–Trinajstić information content (AvgIpc) is 2.79. The van der Waals surface area contributed by atoms with Gasteiger partial charge in [0.1, 0.15) is 0 Å². The lowest BCUT2D eigenvalue weighted by Gasteiger charge is -2.10. The molecule has 0 spiro atoms. The minimum Gasteiger partial charge on any atom is -0.399 e. The van der Waals surface area contributed by atoms with Crippen LogP contribution >= 0.6 is 0 Å². The number of nitrogens with two attached hydrogens (primary N) is 1. The van der Waals surface area contributed by atoms with Crippen molar-refractivity contribution in [1.29, 1.82) is 0 Å². The van der Waals surface area contributed by atoms with Gasteiger partial charge in [-0.25, -0.2) is 5.06 Å². The molecule has 0 atom stereocenters. The molecule has 1 aromatic rings. The highest BCUT2D eigenvalue weighted by molar-refractivity contribution is 5.91. The predicted molar refractivity (Wildman–Crippen MR) is 62.2 cm³/mol. The first-order valence-corrected chi connectivity index (χ1v) is 5.24. The molecule has 0 saturated carbocycles. The van der Waals surface area contributed by atoms with Crippen molar-refractivity contribution in [3.05, 3.63) is 35.9 Å². The first-order chi connectivity index (χ1) is 7.75. The molecule has 0 radical (unpaired) electrons. The number of nitrogens with zero attached hydrogens (tertiary/aromatic N) is 1. The van der Waals surface area contributed by atoms with Crippen LogP contribution in [0.1, 0.15) is 12.0 Å². The van der Waals surface area contributed by atoms with Crippen molar-refractivity contribution in [3.8, 4) is 0 Å². The Labute approximate surface area is 94.3 Å². The quantitative estimate of drug-likeness (QED) is 0.603. The maximum absolute atomic E-state index is 11.6. The van der Waals surface area contributed by atoms with Crippen LogP contribution in [0.15, 0.2) is 30.3 Å². The first-order valence-electron chi connectivity index (χ1n) is 5.24. The van der Waals surface area contributed by atoms with Crippen LogP contribution in [0.25, 0.3) is 6.08 Å². The molecule has 2 N–H and O–H groups in total. The van der Waals surface area contributed by atoms with E-state index in [1.54, 1.807) is 6.08 Å². The Kier molecular flexibility index (Phi) is 3.22. The number of benzene rings is 1. The summed E-state index contributed by atoms with van der Waals surface area (Å²) in [4.78, 5) is 16.7. The van der Waals surface area contributed by atoms with Gasteiger partial charge in [0.15, 0.2) is 0 Å². The Morgan fingerprint density at radius 1 is 1.50 bits per heavy atom. The van der Waals surface area contributed by atoms with E-state index in [9.17, 15) is 4.79 Å². The maximum Gasteiger partial charge on any atom is 0.270 e. The molecule has 84 valence electrons. The Balaban J connectivity index is 2.00. The third-order valence-corrected chi connectivity index (χ3v) is 2.33. The van der Waals surface area contributed by atoms with Crippen molar-refractivity contribution in [2.24, 2.45) is 0 Å². The standard InChI is InChI=1S/C12H14N2O2/c13-11-4-1-3-10(9-11)5-6-12(15)14-7-2-8-16-14/h1,3-6,9H,2,7-8,13H2/b6-5+. The van der Waals surface area contributed by atoms with Gasteiger partial charge in [0.2, 0.25) is 0 Å². The summed E-state index contributed by atoms with van der Waals surface area (Å²) in [6.07, 6.45) is 4.14. The second kappa shape index (κ2) is 4.81. The number of nitrogen functional groups attached to an aromatic ring is 1. The molecular formula is C12H14N2O2. The van der Waals surface area contributed by atoms with Crippen LogP contribution < -0.4 is 5.73 Å². The third-order valence-electron chi connectivity index (χ3n) is 2.33. The fourth-order valence-electron chi connectivity index (χ4n) is 1.53. The van der Waals surface area contributed by atoms with Gasteiger partial charge in [-0.1, -0.05) is 12.1 Å². The van der Waals surface area contributed by atoms with Gasteiger partial charge in [-0.3, -0.25) is 9.63 Å². The van der Waals surface area contributed by atoms with E-state index < -0.39 is 0 Å². The van der Waals surface area contributed by atoms with Crippen LogP contribution in [-0.4, -0.2) is 24.1 Å². The van der Waals surface area contributed by atoms with Crippen LogP contribution in [-0.2, 0) is 9.63 Å². The summed E-state index contributed by atoms with van der Waals surface area (Å²) in [7, 11) is 0. The number of hydrogen-bond acceptors (Lipinski definition) is 3. The van der Waals surface area contributed by atoms with Crippen molar-refractivity contribution in [1.82, 2.24) is 5.06 Å². The highest BCUT2D eigenvalue weighted by Crippen LogP contribution is 2.10. The topological polar surface area (TPSA) is 55.6 Å². The van der Waals surface area contributed by atoms with E-state index in [1.807, 2.05) is 24.3 Å². The Bertz CT molecular complexity index is 409. The van der Waals surface area contributed by atoms with E-state index in [1.165, 1.54) is 11.1 Å². The maximum atomic E-state index is 11.6. The second-order valence-corrected chi connectivity index (χ2v) is 3.63. The smallest absolute Gasteiger partial charge is 0.270 e. The van der Waals surface area contributed by atoms with Gasteiger partial charge in [0, 0.05) is 11.8 Å². The van der Waals surface area contributed by atoms with Crippen molar-refractivity contribution < 1.29 is 9.63 Å². The fourth-order valence-corrected chi connectivity index (χ4v) is 1.53. The lowest BCUT2D eigenvalue weighted by atomic mass is 10.2. The number of hydroxylamine groups is 2. The number of amides is 1. The Morgan fingerprint density at radius 3 is 3.06 bits per heavy atom. The van der Waals surface area contributed by atoms with E-state index in [0.29, 0.717) is 18.8 Å². The van der Waals surface area contributed by atoms with Gasteiger partial charge in [0.25, 0.3) is 5.91 Å². The summed E-state index contributed by atoms with van der Waals surface area (Å²) in [5.74, 6) is -0.125. The zero-order valence-electron chi connectivity index (χ0n) is 8.93. The minimum atomic E-state index is -0.125. The van der Waals surface area contributed by atoms with E-state index >= 15 is 0 Å². The zero-order chi connectivity index (χ0) is 11.4. The summed E-state index contributed by atoms with van der Waals surface area (Å²) in [5, 5.41) is 1.38. The Morgan fingerprint density at radius 2 is 2.38 bits per heavy atom. The molecule has 1 saturated heterocycles. The molecule has 4 nitrogen and oxygen atoms in total. The molecule has 0 bridgehead atoms. The highest BCUT2D eigenvalue weighted by atomic mass is 16.7. The molecular weight excluding hydrogens is 204 g/mol. The van der Waals surface area contributed by atoms with Crippen molar-refractivity contribution in [3.63, 3.8) is 0 Å². The molecule has 4 heteroatoms. The van der Waals surface area contributed by atoms with Gasteiger partial charge in [0.05, 0.1) is 13.2 Å². The van der Waals surface area contributed by atoms with Gasteiger partial charge >= 0.3 is 0 Å². The SMILES string of the molecule is Nc1cccc(/C=C/C(=O)N2CCCO2)c1. The summed E-state index contributed by atoms with van der Waals surface area (Å²) < 4.78 is 0. The van der Waals surface area contributed by atoms with Gasteiger partial charge < -0.3 is 5.73 Å². The molecule has 0 aliphatic carbocycles. The van der Waals surface area contributed by atoms with Gasteiger partial charge in [-0.15, -0.1) is 0 Å². The summed E-state index contributed by atoms with van der Waals surface area (Å²) in [6, 6.07) is 7.37. The molecule has 1 fully saturated rings. The molecule has 1 aliphatic heterocycles. The van der Waals surface area contributed by atoms with E-state index in [4.69, 9.17) is 10.6 Å². The molecule has 2 rings (SSSR count). The number of carbonyl (C=O) groups is 1. The molecule has 16 heavy (non-hydrogen) atoms.